The lowest BCUT2D eigenvalue weighted by molar-refractivity contribution is -0.151. The molecule has 20 heavy (non-hydrogen) atoms. The van der Waals surface area contributed by atoms with Crippen LogP contribution in [0.1, 0.15) is 25.8 Å². The summed E-state index contributed by atoms with van der Waals surface area (Å²) in [4.78, 5) is 25.1. The van der Waals surface area contributed by atoms with E-state index in [2.05, 4.69) is 0 Å². The summed E-state index contributed by atoms with van der Waals surface area (Å²) < 4.78 is 5.60. The molecule has 1 amide bonds. The molecule has 0 saturated carbocycles. The van der Waals surface area contributed by atoms with Crippen LogP contribution in [-0.2, 0) is 16.1 Å². The second-order valence-electron chi connectivity index (χ2n) is 5.64. The van der Waals surface area contributed by atoms with Crippen molar-refractivity contribution in [2.45, 2.75) is 26.8 Å². The van der Waals surface area contributed by atoms with Gasteiger partial charge in [-0.15, -0.1) is 0 Å². The maximum Gasteiger partial charge on any atom is 0.309 e. The molecule has 0 spiro atoms. The summed E-state index contributed by atoms with van der Waals surface area (Å²) in [7, 11) is 0. The van der Waals surface area contributed by atoms with Crippen LogP contribution in [0.25, 0.3) is 0 Å². The molecule has 0 fully saturated rings. The summed E-state index contributed by atoms with van der Waals surface area (Å²) in [6.07, 6.45) is -0.00942. The number of carbonyl (C=O) groups excluding carboxylic acids is 1. The number of carbonyl (C=O) groups is 2. The van der Waals surface area contributed by atoms with E-state index in [0.717, 1.165) is 11.3 Å². The van der Waals surface area contributed by atoms with Gasteiger partial charge < -0.3 is 14.7 Å². The van der Waals surface area contributed by atoms with Crippen LogP contribution in [0.3, 0.4) is 0 Å². The Bertz CT molecular complexity index is 524. The van der Waals surface area contributed by atoms with E-state index in [1.54, 1.807) is 18.7 Å². The Morgan fingerprint density at radius 2 is 2.05 bits per heavy atom. The van der Waals surface area contributed by atoms with Crippen LogP contribution < -0.4 is 4.74 Å². The first-order valence-corrected chi connectivity index (χ1v) is 6.62. The molecule has 1 aromatic rings. The number of fused-ring (bicyclic) bond motifs is 1. The smallest absolute Gasteiger partial charge is 0.309 e. The van der Waals surface area contributed by atoms with E-state index < -0.39 is 11.4 Å². The SMILES string of the molecule is CC(C)(CC(=O)N1CCOc2ccccc2C1)C(=O)O. The molecule has 0 unspecified atom stereocenters. The largest absolute Gasteiger partial charge is 0.491 e. The van der Waals surface area contributed by atoms with Crippen molar-refractivity contribution < 1.29 is 19.4 Å². The standard InChI is InChI=1S/C15H19NO4/c1-15(2,14(18)19)9-13(17)16-7-8-20-12-6-4-3-5-11(12)10-16/h3-6H,7-10H2,1-2H3,(H,18,19). The summed E-state index contributed by atoms with van der Waals surface area (Å²) in [6.45, 7) is 4.50. The molecule has 1 aliphatic heterocycles. The second kappa shape index (κ2) is 5.53. The van der Waals surface area contributed by atoms with E-state index >= 15 is 0 Å². The fourth-order valence-corrected chi connectivity index (χ4v) is 2.10. The van der Waals surface area contributed by atoms with E-state index in [9.17, 15) is 9.59 Å². The highest BCUT2D eigenvalue weighted by Crippen LogP contribution is 2.26. The van der Waals surface area contributed by atoms with Gasteiger partial charge in [0.05, 0.1) is 12.0 Å². The molecule has 5 heteroatoms. The third-order valence-electron chi connectivity index (χ3n) is 3.48. The normalized spacial score (nSPS) is 15.0. The molecule has 1 heterocycles. The van der Waals surface area contributed by atoms with Crippen LogP contribution in [-0.4, -0.2) is 35.0 Å². The number of para-hydroxylation sites is 1. The highest BCUT2D eigenvalue weighted by molar-refractivity contribution is 5.84. The zero-order chi connectivity index (χ0) is 14.8. The third-order valence-corrected chi connectivity index (χ3v) is 3.48. The monoisotopic (exact) mass is 277 g/mol. The molecule has 1 aromatic carbocycles. The summed E-state index contributed by atoms with van der Waals surface area (Å²) in [6, 6.07) is 7.59. The average Bonchev–Trinajstić information content (AvgIpc) is 2.60. The highest BCUT2D eigenvalue weighted by atomic mass is 16.5. The van der Waals surface area contributed by atoms with Gasteiger partial charge in [0.1, 0.15) is 12.4 Å². The van der Waals surface area contributed by atoms with Crippen LogP contribution in [0.5, 0.6) is 5.75 Å². The molecule has 1 aliphatic rings. The first-order valence-electron chi connectivity index (χ1n) is 6.62. The number of carboxylic acids is 1. The first-order chi connectivity index (χ1) is 9.40. The Hall–Kier alpha value is -2.04. The Labute approximate surface area is 118 Å². The van der Waals surface area contributed by atoms with Crippen molar-refractivity contribution in [3.8, 4) is 5.75 Å². The van der Waals surface area contributed by atoms with Crippen molar-refractivity contribution in [3.05, 3.63) is 29.8 Å². The Morgan fingerprint density at radius 3 is 2.75 bits per heavy atom. The lowest BCUT2D eigenvalue weighted by Gasteiger charge is -2.25. The maximum absolute atomic E-state index is 12.3. The molecule has 0 bridgehead atoms. The topological polar surface area (TPSA) is 66.8 Å². The van der Waals surface area contributed by atoms with Crippen LogP contribution >= 0.6 is 0 Å². The number of hydrogen-bond donors (Lipinski definition) is 1. The molecule has 0 saturated heterocycles. The van der Waals surface area contributed by atoms with Gasteiger partial charge in [-0.2, -0.15) is 0 Å². The molecule has 1 N–H and O–H groups in total. The number of hydrogen-bond acceptors (Lipinski definition) is 3. The number of ether oxygens (including phenoxy) is 1. The van der Waals surface area contributed by atoms with Crippen molar-refractivity contribution in [3.63, 3.8) is 0 Å². The van der Waals surface area contributed by atoms with Crippen molar-refractivity contribution in [1.29, 1.82) is 0 Å². The lowest BCUT2D eigenvalue weighted by Crippen LogP contribution is -2.37. The Balaban J connectivity index is 2.10. The van der Waals surface area contributed by atoms with Gasteiger partial charge in [0.2, 0.25) is 5.91 Å². The van der Waals surface area contributed by atoms with E-state index in [1.165, 1.54) is 0 Å². The fraction of sp³-hybridized carbons (Fsp3) is 0.467. The van der Waals surface area contributed by atoms with Gasteiger partial charge in [0, 0.05) is 18.5 Å². The minimum atomic E-state index is -1.05. The molecule has 0 aromatic heterocycles. The van der Waals surface area contributed by atoms with Crippen molar-refractivity contribution in [2.75, 3.05) is 13.2 Å². The molecule has 5 nitrogen and oxygen atoms in total. The number of benzene rings is 1. The predicted octanol–water partition coefficient (Wildman–Crippen LogP) is 1.91. The summed E-state index contributed by atoms with van der Waals surface area (Å²) in [5.74, 6) is -0.324. The summed E-state index contributed by atoms with van der Waals surface area (Å²) in [5.41, 5.74) is -0.101. The minimum absolute atomic E-state index is 0.00942. The number of amides is 1. The van der Waals surface area contributed by atoms with Crippen LogP contribution in [0, 0.1) is 5.41 Å². The molecule has 0 aliphatic carbocycles. The molecule has 0 atom stereocenters. The zero-order valence-corrected chi connectivity index (χ0v) is 11.8. The van der Waals surface area contributed by atoms with Gasteiger partial charge in [-0.1, -0.05) is 18.2 Å². The number of nitrogens with zero attached hydrogens (tertiary/aromatic N) is 1. The van der Waals surface area contributed by atoms with Crippen molar-refractivity contribution in [2.24, 2.45) is 5.41 Å². The Morgan fingerprint density at radius 1 is 1.35 bits per heavy atom. The summed E-state index contributed by atoms with van der Waals surface area (Å²) in [5, 5.41) is 9.11. The second-order valence-corrected chi connectivity index (χ2v) is 5.64. The number of rotatable bonds is 3. The first kappa shape index (κ1) is 14.4. The molecular weight excluding hydrogens is 258 g/mol. The molecule has 108 valence electrons. The Kier molecular flexibility index (Phi) is 3.97. The van der Waals surface area contributed by atoms with Gasteiger partial charge in [-0.25, -0.2) is 0 Å². The third kappa shape index (κ3) is 3.10. The zero-order valence-electron chi connectivity index (χ0n) is 11.8. The van der Waals surface area contributed by atoms with Gasteiger partial charge in [-0.3, -0.25) is 9.59 Å². The van der Waals surface area contributed by atoms with Gasteiger partial charge in [-0.05, 0) is 19.9 Å². The molecular formula is C15H19NO4. The van der Waals surface area contributed by atoms with E-state index in [-0.39, 0.29) is 12.3 Å². The number of carboxylic acid groups (broad SMARTS) is 1. The van der Waals surface area contributed by atoms with E-state index in [4.69, 9.17) is 9.84 Å². The quantitative estimate of drug-likeness (QED) is 0.916. The summed E-state index contributed by atoms with van der Waals surface area (Å²) >= 11 is 0. The van der Waals surface area contributed by atoms with E-state index in [1.807, 2.05) is 24.3 Å². The van der Waals surface area contributed by atoms with E-state index in [0.29, 0.717) is 19.7 Å². The van der Waals surface area contributed by atoms with Crippen LogP contribution in [0.2, 0.25) is 0 Å². The van der Waals surface area contributed by atoms with Crippen LogP contribution in [0.15, 0.2) is 24.3 Å². The lowest BCUT2D eigenvalue weighted by atomic mass is 9.89. The molecule has 0 radical (unpaired) electrons. The average molecular weight is 277 g/mol. The fourth-order valence-electron chi connectivity index (χ4n) is 2.10. The highest BCUT2D eigenvalue weighted by Gasteiger charge is 2.32. The van der Waals surface area contributed by atoms with Gasteiger partial charge in [0.15, 0.2) is 0 Å². The van der Waals surface area contributed by atoms with Crippen molar-refractivity contribution >= 4 is 11.9 Å². The number of aliphatic carboxylic acids is 1. The van der Waals surface area contributed by atoms with Crippen molar-refractivity contribution in [1.82, 2.24) is 4.90 Å². The maximum atomic E-state index is 12.3. The molecule has 2 rings (SSSR count). The van der Waals surface area contributed by atoms with Gasteiger partial charge >= 0.3 is 5.97 Å². The minimum Gasteiger partial charge on any atom is -0.491 e. The van der Waals surface area contributed by atoms with Gasteiger partial charge in [0.25, 0.3) is 0 Å². The predicted molar refractivity (Wildman–Crippen MR) is 73.4 cm³/mol. The van der Waals surface area contributed by atoms with Crippen LogP contribution in [0.4, 0.5) is 0 Å².